The Balaban J connectivity index is 2.33. The number of methoxy groups -OCH3 is 1. The van der Waals surface area contributed by atoms with E-state index in [-0.39, 0.29) is 12.0 Å². The zero-order valence-corrected chi connectivity index (χ0v) is 10.8. The van der Waals surface area contributed by atoms with Crippen molar-refractivity contribution in [3.63, 3.8) is 0 Å². The summed E-state index contributed by atoms with van der Waals surface area (Å²) in [6, 6.07) is 0.909. The fraction of sp³-hybridized carbons (Fsp3) is 0.917. The molecule has 1 saturated carbocycles. The molecule has 16 heavy (non-hydrogen) atoms. The summed E-state index contributed by atoms with van der Waals surface area (Å²) in [6.07, 6.45) is 3.19. The molecule has 0 radical (unpaired) electrons. The molecule has 0 aromatic carbocycles. The van der Waals surface area contributed by atoms with Crippen LogP contribution < -0.4 is 5.32 Å². The maximum Gasteiger partial charge on any atom is 0.322 e. The Morgan fingerprint density at radius 3 is 2.56 bits per heavy atom. The second-order valence-electron chi connectivity index (χ2n) is 4.88. The third-order valence-electron chi connectivity index (χ3n) is 3.15. The quantitative estimate of drug-likeness (QED) is 0.660. The minimum absolute atomic E-state index is 0.135. The van der Waals surface area contributed by atoms with Gasteiger partial charge in [-0.25, -0.2) is 0 Å². The average Bonchev–Trinajstić information content (AvgIpc) is 3.06. The summed E-state index contributed by atoms with van der Waals surface area (Å²) in [4.78, 5) is 13.8. The van der Waals surface area contributed by atoms with Gasteiger partial charge in [-0.3, -0.25) is 4.79 Å². The molecule has 1 unspecified atom stereocenters. The van der Waals surface area contributed by atoms with Crippen molar-refractivity contribution >= 4 is 5.97 Å². The Hall–Kier alpha value is -0.610. The largest absolute Gasteiger partial charge is 0.468 e. The van der Waals surface area contributed by atoms with Crippen LogP contribution in [0, 0.1) is 0 Å². The summed E-state index contributed by atoms with van der Waals surface area (Å²) in [7, 11) is 3.53. The van der Waals surface area contributed by atoms with Crippen LogP contribution in [0.5, 0.6) is 0 Å². The zero-order chi connectivity index (χ0) is 12.1. The lowest BCUT2D eigenvalue weighted by Gasteiger charge is -2.23. The van der Waals surface area contributed by atoms with E-state index >= 15 is 0 Å². The van der Waals surface area contributed by atoms with Gasteiger partial charge >= 0.3 is 5.97 Å². The Morgan fingerprint density at radius 2 is 2.12 bits per heavy atom. The van der Waals surface area contributed by atoms with Gasteiger partial charge in [0.05, 0.1) is 7.11 Å². The molecule has 1 N–H and O–H groups in total. The van der Waals surface area contributed by atoms with E-state index in [1.807, 2.05) is 0 Å². The Morgan fingerprint density at radius 1 is 1.50 bits per heavy atom. The molecule has 4 heteroatoms. The molecular weight excluding hydrogens is 204 g/mol. The monoisotopic (exact) mass is 228 g/mol. The molecule has 1 aliphatic rings. The summed E-state index contributed by atoms with van der Waals surface area (Å²) < 4.78 is 4.81. The number of nitrogens with one attached hydrogen (secondary N) is 1. The van der Waals surface area contributed by atoms with Crippen LogP contribution in [0.4, 0.5) is 0 Å². The lowest BCUT2D eigenvalue weighted by Crippen LogP contribution is -2.42. The number of rotatable bonds is 7. The molecule has 4 nitrogen and oxygen atoms in total. The van der Waals surface area contributed by atoms with Gasteiger partial charge in [0.1, 0.15) is 6.04 Å². The van der Waals surface area contributed by atoms with Gasteiger partial charge in [-0.1, -0.05) is 0 Å². The van der Waals surface area contributed by atoms with Crippen LogP contribution in [-0.4, -0.2) is 49.7 Å². The van der Waals surface area contributed by atoms with Gasteiger partial charge in [-0.2, -0.15) is 0 Å². The first-order chi connectivity index (χ1) is 7.54. The van der Waals surface area contributed by atoms with Crippen molar-refractivity contribution in [3.05, 3.63) is 0 Å². The van der Waals surface area contributed by atoms with Crippen molar-refractivity contribution in [2.45, 2.75) is 51.2 Å². The normalized spacial score (nSPS) is 17.9. The highest BCUT2D eigenvalue weighted by Gasteiger charge is 2.28. The van der Waals surface area contributed by atoms with E-state index in [1.165, 1.54) is 20.0 Å². The van der Waals surface area contributed by atoms with E-state index in [0.717, 1.165) is 13.0 Å². The fourth-order valence-electron chi connectivity index (χ4n) is 1.54. The third-order valence-corrected chi connectivity index (χ3v) is 3.15. The summed E-state index contributed by atoms with van der Waals surface area (Å²) in [5.74, 6) is -0.135. The molecule has 0 saturated heterocycles. The first-order valence-corrected chi connectivity index (χ1v) is 6.08. The maximum absolute atomic E-state index is 11.6. The molecular formula is C12H24N2O2. The SMILES string of the molecule is COC(=O)C(CCN(C)C(C)C)NC1CC1. The molecule has 0 amide bonds. The zero-order valence-electron chi connectivity index (χ0n) is 10.8. The van der Waals surface area contributed by atoms with Gasteiger partial charge in [0, 0.05) is 18.6 Å². The number of nitrogens with zero attached hydrogens (tertiary/aromatic N) is 1. The first kappa shape index (κ1) is 13.5. The van der Waals surface area contributed by atoms with Crippen molar-refractivity contribution in [2.75, 3.05) is 20.7 Å². The van der Waals surface area contributed by atoms with Crippen molar-refractivity contribution < 1.29 is 9.53 Å². The lowest BCUT2D eigenvalue weighted by molar-refractivity contribution is -0.143. The van der Waals surface area contributed by atoms with Gasteiger partial charge < -0.3 is 15.0 Å². The van der Waals surface area contributed by atoms with E-state index in [1.54, 1.807) is 0 Å². The van der Waals surface area contributed by atoms with Crippen molar-refractivity contribution in [3.8, 4) is 0 Å². The Labute approximate surface area is 98.3 Å². The van der Waals surface area contributed by atoms with Gasteiger partial charge in [-0.15, -0.1) is 0 Å². The summed E-state index contributed by atoms with van der Waals surface area (Å²) >= 11 is 0. The van der Waals surface area contributed by atoms with Crippen LogP contribution in [0.25, 0.3) is 0 Å². The smallest absolute Gasteiger partial charge is 0.322 e. The predicted octanol–water partition coefficient (Wildman–Crippen LogP) is 1.01. The number of hydrogen-bond acceptors (Lipinski definition) is 4. The molecule has 1 atom stereocenters. The van der Waals surface area contributed by atoms with Crippen LogP contribution in [0.3, 0.4) is 0 Å². The standard InChI is InChI=1S/C12H24N2O2/c1-9(2)14(3)8-7-11(12(15)16-4)13-10-5-6-10/h9-11,13H,5-8H2,1-4H3. The molecule has 0 bridgehead atoms. The van der Waals surface area contributed by atoms with Gasteiger partial charge in [-0.05, 0) is 40.2 Å². The van der Waals surface area contributed by atoms with Crippen LogP contribution in [0.1, 0.15) is 33.1 Å². The molecule has 94 valence electrons. The average molecular weight is 228 g/mol. The van der Waals surface area contributed by atoms with Crippen LogP contribution in [0.2, 0.25) is 0 Å². The third kappa shape index (κ3) is 4.49. The van der Waals surface area contributed by atoms with Gasteiger partial charge in [0.15, 0.2) is 0 Å². The Bertz CT molecular complexity index is 227. The fourth-order valence-corrected chi connectivity index (χ4v) is 1.54. The molecule has 0 aromatic heterocycles. The van der Waals surface area contributed by atoms with E-state index < -0.39 is 0 Å². The highest BCUT2D eigenvalue weighted by Crippen LogP contribution is 2.20. The van der Waals surface area contributed by atoms with Crippen LogP contribution >= 0.6 is 0 Å². The first-order valence-electron chi connectivity index (χ1n) is 6.08. The number of esters is 1. The van der Waals surface area contributed by atoms with Crippen LogP contribution in [0.15, 0.2) is 0 Å². The van der Waals surface area contributed by atoms with E-state index in [0.29, 0.717) is 12.1 Å². The molecule has 1 rings (SSSR count). The number of hydrogen-bond donors (Lipinski definition) is 1. The van der Waals surface area contributed by atoms with E-state index in [9.17, 15) is 4.79 Å². The van der Waals surface area contributed by atoms with Crippen LogP contribution in [-0.2, 0) is 9.53 Å². The molecule has 0 aliphatic heterocycles. The molecule has 0 spiro atoms. The number of carbonyl (C=O) groups is 1. The minimum Gasteiger partial charge on any atom is -0.468 e. The van der Waals surface area contributed by atoms with Gasteiger partial charge in [0.25, 0.3) is 0 Å². The number of carbonyl (C=O) groups excluding carboxylic acids is 1. The molecule has 1 fully saturated rings. The summed E-state index contributed by atoms with van der Waals surface area (Å²) in [5, 5.41) is 3.33. The second kappa shape index (κ2) is 6.21. The van der Waals surface area contributed by atoms with E-state index in [2.05, 4.69) is 31.1 Å². The summed E-state index contributed by atoms with van der Waals surface area (Å²) in [6.45, 7) is 5.22. The molecule has 0 heterocycles. The van der Waals surface area contributed by atoms with Gasteiger partial charge in [0.2, 0.25) is 0 Å². The maximum atomic E-state index is 11.6. The summed E-state index contributed by atoms with van der Waals surface area (Å²) in [5.41, 5.74) is 0. The number of ether oxygens (including phenoxy) is 1. The second-order valence-corrected chi connectivity index (χ2v) is 4.88. The molecule has 1 aliphatic carbocycles. The Kier molecular flexibility index (Phi) is 5.22. The minimum atomic E-state index is -0.140. The van der Waals surface area contributed by atoms with Crippen molar-refractivity contribution in [1.82, 2.24) is 10.2 Å². The van der Waals surface area contributed by atoms with E-state index in [4.69, 9.17) is 4.74 Å². The highest BCUT2D eigenvalue weighted by atomic mass is 16.5. The van der Waals surface area contributed by atoms with Crippen molar-refractivity contribution in [1.29, 1.82) is 0 Å². The lowest BCUT2D eigenvalue weighted by atomic mass is 10.2. The highest BCUT2D eigenvalue weighted by molar-refractivity contribution is 5.75. The van der Waals surface area contributed by atoms with Crippen molar-refractivity contribution in [2.24, 2.45) is 0 Å². The topological polar surface area (TPSA) is 41.6 Å². The predicted molar refractivity (Wildman–Crippen MR) is 64.3 cm³/mol. The molecule has 0 aromatic rings.